The Morgan fingerprint density at radius 3 is 2.54 bits per heavy atom. The number of aliphatic hydroxyl groups is 1. The molecule has 0 aliphatic rings. The average Bonchev–Trinajstić information content (AvgIpc) is 3.11. The van der Waals surface area contributed by atoms with Crippen molar-refractivity contribution in [2.75, 3.05) is 11.9 Å². The van der Waals surface area contributed by atoms with Crippen LogP contribution in [-0.4, -0.2) is 27.8 Å². The molecule has 0 unspecified atom stereocenters. The molecule has 3 aromatic rings. The van der Waals surface area contributed by atoms with Gasteiger partial charge in [-0.15, -0.1) is 11.3 Å². The fraction of sp³-hybridized carbons (Fsp3) is 0.412. The van der Waals surface area contributed by atoms with Crippen LogP contribution >= 0.6 is 11.3 Å². The molecule has 0 amide bonds. The molecule has 0 saturated heterocycles. The molecule has 0 aliphatic carbocycles. The Hall–Kier alpha value is -2.13. The quantitative estimate of drug-likeness (QED) is 0.678. The highest BCUT2D eigenvalue weighted by atomic mass is 32.1. The van der Waals surface area contributed by atoms with E-state index in [1.54, 1.807) is 0 Å². The summed E-state index contributed by atoms with van der Waals surface area (Å²) in [5.74, 6) is 0.245. The predicted molar refractivity (Wildman–Crippen MR) is 93.4 cm³/mol. The number of anilines is 1. The number of hydrogen-bond donors (Lipinski definition) is 2. The minimum atomic E-state index is -4.87. The van der Waals surface area contributed by atoms with E-state index in [0.717, 1.165) is 26.7 Å². The van der Waals surface area contributed by atoms with Gasteiger partial charge in [0.25, 0.3) is 0 Å². The molecular weight excluding hydrogens is 367 g/mol. The molecule has 1 atom stereocenters. The van der Waals surface area contributed by atoms with Crippen LogP contribution in [0, 0.1) is 20.8 Å². The zero-order valence-corrected chi connectivity index (χ0v) is 15.3. The zero-order valence-electron chi connectivity index (χ0n) is 14.4. The highest BCUT2D eigenvalue weighted by Crippen LogP contribution is 2.42. The van der Waals surface area contributed by atoms with Gasteiger partial charge in [-0.25, -0.2) is 9.97 Å². The molecule has 0 bridgehead atoms. The number of hydrogen-bond acceptors (Lipinski definition) is 6. The van der Waals surface area contributed by atoms with Crippen LogP contribution in [0.5, 0.6) is 0 Å². The van der Waals surface area contributed by atoms with Crippen molar-refractivity contribution in [2.45, 2.75) is 39.0 Å². The van der Waals surface area contributed by atoms with Crippen molar-refractivity contribution >= 4 is 27.4 Å². The lowest BCUT2D eigenvalue weighted by molar-refractivity contribution is -0.274. The number of aromatic nitrogens is 2. The molecule has 2 N–H and O–H groups in total. The van der Waals surface area contributed by atoms with Crippen LogP contribution in [0.1, 0.15) is 28.4 Å². The molecule has 3 rings (SSSR count). The SMILES string of the molecule is Cc1ccc([C@](O)(CCNc2ncnc3sc(C)c(C)c23)C(F)(F)F)o1. The van der Waals surface area contributed by atoms with E-state index < -0.39 is 24.0 Å². The minimum Gasteiger partial charge on any atom is -0.463 e. The molecule has 3 heterocycles. The Morgan fingerprint density at radius 2 is 1.92 bits per heavy atom. The number of rotatable bonds is 5. The van der Waals surface area contributed by atoms with Gasteiger partial charge in [0, 0.05) is 17.8 Å². The van der Waals surface area contributed by atoms with E-state index >= 15 is 0 Å². The summed E-state index contributed by atoms with van der Waals surface area (Å²) >= 11 is 1.50. The molecule has 0 radical (unpaired) electrons. The number of alkyl halides is 3. The maximum absolute atomic E-state index is 13.5. The van der Waals surface area contributed by atoms with Crippen LogP contribution in [-0.2, 0) is 5.60 Å². The van der Waals surface area contributed by atoms with E-state index in [0.29, 0.717) is 11.6 Å². The molecule has 0 aromatic carbocycles. The third-order valence-electron chi connectivity index (χ3n) is 4.36. The number of halogens is 3. The van der Waals surface area contributed by atoms with Crippen molar-refractivity contribution in [3.05, 3.63) is 40.4 Å². The summed E-state index contributed by atoms with van der Waals surface area (Å²) in [6, 6.07) is 2.54. The first kappa shape index (κ1) is 18.7. The molecule has 26 heavy (non-hydrogen) atoms. The van der Waals surface area contributed by atoms with Crippen LogP contribution < -0.4 is 5.32 Å². The van der Waals surface area contributed by atoms with Gasteiger partial charge >= 0.3 is 6.18 Å². The molecule has 140 valence electrons. The van der Waals surface area contributed by atoms with Crippen LogP contribution in [0.15, 0.2) is 22.9 Å². The average molecular weight is 385 g/mol. The summed E-state index contributed by atoms with van der Waals surface area (Å²) < 4.78 is 45.5. The van der Waals surface area contributed by atoms with Crippen molar-refractivity contribution in [3.63, 3.8) is 0 Å². The molecule has 9 heteroatoms. The number of nitrogens with zero attached hydrogens (tertiary/aromatic N) is 2. The van der Waals surface area contributed by atoms with E-state index in [4.69, 9.17) is 4.42 Å². The monoisotopic (exact) mass is 385 g/mol. The summed E-state index contributed by atoms with van der Waals surface area (Å²) in [5.41, 5.74) is -2.08. The molecule has 0 fully saturated rings. The topological polar surface area (TPSA) is 71.2 Å². The standard InChI is InChI=1S/C17H18F3N3O2S/c1-9-4-5-12(25-9)16(24,17(18,19)20)6-7-21-14-13-10(2)11(3)26-15(13)23-8-22-14/h4-5,8,24H,6-7H2,1-3H3,(H,21,22,23)/t16-/m1/s1. The second-order valence-corrected chi connectivity index (χ2v) is 7.33. The van der Waals surface area contributed by atoms with Gasteiger partial charge < -0.3 is 14.8 Å². The molecule has 3 aromatic heterocycles. The van der Waals surface area contributed by atoms with Gasteiger partial charge in [-0.2, -0.15) is 13.2 Å². The van der Waals surface area contributed by atoms with Crippen LogP contribution in [0.4, 0.5) is 19.0 Å². The third kappa shape index (κ3) is 3.16. The molecule has 5 nitrogen and oxygen atoms in total. The first-order valence-electron chi connectivity index (χ1n) is 7.94. The van der Waals surface area contributed by atoms with Crippen LogP contribution in [0.3, 0.4) is 0 Å². The van der Waals surface area contributed by atoms with Crippen molar-refractivity contribution in [1.82, 2.24) is 9.97 Å². The Kier molecular flexibility index (Phi) is 4.70. The lowest BCUT2D eigenvalue weighted by Crippen LogP contribution is -2.43. The van der Waals surface area contributed by atoms with Gasteiger partial charge in [-0.05, 0) is 38.5 Å². The zero-order chi connectivity index (χ0) is 19.1. The van der Waals surface area contributed by atoms with E-state index in [1.165, 1.54) is 30.7 Å². The summed E-state index contributed by atoms with van der Waals surface area (Å²) in [7, 11) is 0. The summed E-state index contributed by atoms with van der Waals surface area (Å²) in [4.78, 5) is 10.2. The number of thiophene rings is 1. The van der Waals surface area contributed by atoms with Crippen LogP contribution in [0.25, 0.3) is 10.2 Å². The third-order valence-corrected chi connectivity index (χ3v) is 5.48. The lowest BCUT2D eigenvalue weighted by atomic mass is 9.95. The van der Waals surface area contributed by atoms with Crippen molar-refractivity contribution in [3.8, 4) is 0 Å². The fourth-order valence-corrected chi connectivity index (χ4v) is 3.74. The van der Waals surface area contributed by atoms with Gasteiger partial charge in [0.1, 0.15) is 28.5 Å². The fourth-order valence-electron chi connectivity index (χ4n) is 2.74. The van der Waals surface area contributed by atoms with Crippen molar-refractivity contribution in [2.24, 2.45) is 0 Å². The van der Waals surface area contributed by atoms with E-state index in [9.17, 15) is 18.3 Å². The van der Waals surface area contributed by atoms with E-state index in [2.05, 4.69) is 15.3 Å². The number of fused-ring (bicyclic) bond motifs is 1. The number of nitrogens with one attached hydrogen (secondary N) is 1. The second-order valence-electron chi connectivity index (χ2n) is 6.13. The maximum atomic E-state index is 13.5. The Bertz CT molecular complexity index is 935. The molecule has 0 saturated carbocycles. The normalized spacial score (nSPS) is 14.6. The first-order valence-corrected chi connectivity index (χ1v) is 8.75. The smallest absolute Gasteiger partial charge is 0.424 e. The molecular formula is C17H18F3N3O2S. The maximum Gasteiger partial charge on any atom is 0.424 e. The first-order chi connectivity index (χ1) is 12.1. The second kappa shape index (κ2) is 6.55. The van der Waals surface area contributed by atoms with Gasteiger partial charge in [0.15, 0.2) is 0 Å². The molecule has 0 spiro atoms. The largest absolute Gasteiger partial charge is 0.463 e. The van der Waals surface area contributed by atoms with Gasteiger partial charge in [0.2, 0.25) is 5.60 Å². The van der Waals surface area contributed by atoms with Gasteiger partial charge in [-0.1, -0.05) is 0 Å². The molecule has 0 aliphatic heterocycles. The Labute approximate surface area is 151 Å². The summed E-state index contributed by atoms with van der Waals surface area (Å²) in [6.45, 7) is 5.25. The van der Waals surface area contributed by atoms with E-state index in [1.807, 2.05) is 13.8 Å². The van der Waals surface area contributed by atoms with Crippen molar-refractivity contribution in [1.29, 1.82) is 0 Å². The lowest BCUT2D eigenvalue weighted by Gasteiger charge is -2.28. The Balaban J connectivity index is 1.83. The highest BCUT2D eigenvalue weighted by molar-refractivity contribution is 7.18. The summed E-state index contributed by atoms with van der Waals surface area (Å²) in [5, 5.41) is 14.0. The van der Waals surface area contributed by atoms with Crippen molar-refractivity contribution < 1.29 is 22.7 Å². The minimum absolute atomic E-state index is 0.143. The number of furan rings is 1. The summed E-state index contributed by atoms with van der Waals surface area (Å²) in [6.07, 6.45) is -4.11. The highest BCUT2D eigenvalue weighted by Gasteiger charge is 2.56. The van der Waals surface area contributed by atoms with E-state index in [-0.39, 0.29) is 6.54 Å². The van der Waals surface area contributed by atoms with Gasteiger partial charge in [0.05, 0.1) is 5.39 Å². The van der Waals surface area contributed by atoms with Crippen LogP contribution in [0.2, 0.25) is 0 Å². The Morgan fingerprint density at radius 1 is 1.19 bits per heavy atom. The predicted octanol–water partition coefficient (Wildman–Crippen LogP) is 4.46. The van der Waals surface area contributed by atoms with Gasteiger partial charge in [-0.3, -0.25) is 0 Å². The number of aryl methyl sites for hydroxylation is 3.